The molecule has 2 atom stereocenters. The van der Waals surface area contributed by atoms with E-state index in [0.717, 1.165) is 19.5 Å². The molecule has 1 aliphatic heterocycles. The lowest BCUT2D eigenvalue weighted by Gasteiger charge is -2.27. The molecule has 76 valence electrons. The summed E-state index contributed by atoms with van der Waals surface area (Å²) in [6.45, 7) is 10.8. The summed E-state index contributed by atoms with van der Waals surface area (Å²) in [6.07, 6.45) is 2.37. The van der Waals surface area contributed by atoms with E-state index in [9.17, 15) is 0 Å². The van der Waals surface area contributed by atoms with Crippen molar-refractivity contribution in [2.75, 3.05) is 20.1 Å². The minimum absolute atomic E-state index is 0.527. The quantitative estimate of drug-likeness (QED) is 0.665. The molecule has 1 aliphatic rings. The van der Waals surface area contributed by atoms with Crippen molar-refractivity contribution < 1.29 is 0 Å². The van der Waals surface area contributed by atoms with Crippen molar-refractivity contribution in [3.8, 4) is 0 Å². The lowest BCUT2D eigenvalue weighted by atomic mass is 10.1. The lowest BCUT2D eigenvalue weighted by Crippen LogP contribution is -2.40. The van der Waals surface area contributed by atoms with Gasteiger partial charge in [0.25, 0.3) is 0 Å². The van der Waals surface area contributed by atoms with Crippen LogP contribution in [0.5, 0.6) is 0 Å². The number of nitrogens with zero attached hydrogens (tertiary/aromatic N) is 1. The Morgan fingerprint density at radius 1 is 1.69 bits per heavy atom. The van der Waals surface area contributed by atoms with Gasteiger partial charge in [-0.05, 0) is 33.4 Å². The molecule has 1 heterocycles. The van der Waals surface area contributed by atoms with Crippen LogP contribution in [-0.2, 0) is 0 Å². The zero-order valence-electron chi connectivity index (χ0n) is 9.14. The van der Waals surface area contributed by atoms with Crippen LogP contribution in [0.15, 0.2) is 12.2 Å². The summed E-state index contributed by atoms with van der Waals surface area (Å²) in [5.74, 6) is 0. The number of hydrogen-bond acceptors (Lipinski definition) is 2. The van der Waals surface area contributed by atoms with Crippen molar-refractivity contribution in [3.63, 3.8) is 0 Å². The summed E-state index contributed by atoms with van der Waals surface area (Å²) in [7, 11) is 2.20. The van der Waals surface area contributed by atoms with Crippen molar-refractivity contribution in [2.45, 2.75) is 38.8 Å². The molecule has 0 aromatic carbocycles. The van der Waals surface area contributed by atoms with Crippen LogP contribution in [0.2, 0.25) is 0 Å². The highest BCUT2D eigenvalue weighted by Gasteiger charge is 2.20. The Labute approximate surface area is 82.0 Å². The van der Waals surface area contributed by atoms with Gasteiger partial charge in [0, 0.05) is 18.6 Å². The highest BCUT2D eigenvalue weighted by atomic mass is 15.2. The van der Waals surface area contributed by atoms with E-state index in [-0.39, 0.29) is 0 Å². The Morgan fingerprint density at radius 3 is 2.85 bits per heavy atom. The first-order valence-corrected chi connectivity index (χ1v) is 5.26. The summed E-state index contributed by atoms with van der Waals surface area (Å²) in [5.41, 5.74) is 1.37. The summed E-state index contributed by atoms with van der Waals surface area (Å²) in [5, 5.41) is 3.48. The zero-order valence-corrected chi connectivity index (χ0v) is 9.14. The molecule has 2 heteroatoms. The molecule has 0 amide bonds. The normalized spacial score (nSPS) is 25.5. The Balaban J connectivity index is 2.34. The Hall–Kier alpha value is -0.340. The average Bonchev–Trinajstić information content (AvgIpc) is 2.50. The van der Waals surface area contributed by atoms with E-state index in [2.05, 4.69) is 37.7 Å². The molecule has 0 aromatic rings. The number of nitrogens with one attached hydrogen (secondary N) is 1. The third-order valence-corrected chi connectivity index (χ3v) is 3.14. The van der Waals surface area contributed by atoms with Crippen molar-refractivity contribution in [2.24, 2.45) is 0 Å². The van der Waals surface area contributed by atoms with Gasteiger partial charge in [0.1, 0.15) is 0 Å². The topological polar surface area (TPSA) is 15.3 Å². The van der Waals surface area contributed by atoms with Gasteiger partial charge in [-0.3, -0.25) is 0 Å². The molecule has 1 saturated heterocycles. The van der Waals surface area contributed by atoms with E-state index in [4.69, 9.17) is 0 Å². The van der Waals surface area contributed by atoms with Crippen LogP contribution in [0.25, 0.3) is 0 Å². The number of likely N-dealkylation sites (N-methyl/N-ethyl adjacent to an activating group) is 1. The maximum absolute atomic E-state index is 4.08. The van der Waals surface area contributed by atoms with Crippen LogP contribution in [0, 0.1) is 0 Å². The summed E-state index contributed by atoms with van der Waals surface area (Å²) in [6, 6.07) is 1.20. The van der Waals surface area contributed by atoms with E-state index in [1.165, 1.54) is 12.0 Å². The van der Waals surface area contributed by atoms with Crippen LogP contribution in [-0.4, -0.2) is 37.1 Å². The highest BCUT2D eigenvalue weighted by molar-refractivity contribution is 5.11. The first kappa shape index (κ1) is 10.7. The molecule has 0 saturated carbocycles. The van der Waals surface area contributed by atoms with Gasteiger partial charge in [0.15, 0.2) is 0 Å². The van der Waals surface area contributed by atoms with Crippen molar-refractivity contribution in [1.82, 2.24) is 10.2 Å². The van der Waals surface area contributed by atoms with Gasteiger partial charge in [-0.2, -0.15) is 0 Å². The largest absolute Gasteiger partial charge is 0.309 e. The minimum atomic E-state index is 0.527. The van der Waals surface area contributed by atoms with Gasteiger partial charge in [0.05, 0.1) is 0 Å². The van der Waals surface area contributed by atoms with E-state index < -0.39 is 0 Å². The van der Waals surface area contributed by atoms with Crippen LogP contribution in [0.4, 0.5) is 0 Å². The second-order valence-electron chi connectivity index (χ2n) is 4.11. The van der Waals surface area contributed by atoms with Crippen LogP contribution < -0.4 is 5.32 Å². The van der Waals surface area contributed by atoms with Crippen LogP contribution in [0.3, 0.4) is 0 Å². The molecular weight excluding hydrogens is 160 g/mol. The Bertz CT molecular complexity index is 177. The van der Waals surface area contributed by atoms with E-state index in [0.29, 0.717) is 12.1 Å². The van der Waals surface area contributed by atoms with E-state index in [1.807, 2.05) is 0 Å². The average molecular weight is 182 g/mol. The van der Waals surface area contributed by atoms with Gasteiger partial charge in [0.2, 0.25) is 0 Å². The predicted octanol–water partition coefficient (Wildman–Crippen LogP) is 1.63. The SMILES string of the molecule is C=C1CCNC1CN(C)C(C)CC. The minimum Gasteiger partial charge on any atom is -0.309 e. The summed E-state index contributed by atoms with van der Waals surface area (Å²) < 4.78 is 0. The summed E-state index contributed by atoms with van der Waals surface area (Å²) >= 11 is 0. The van der Waals surface area contributed by atoms with Crippen LogP contribution in [0.1, 0.15) is 26.7 Å². The molecular formula is C11H22N2. The first-order valence-electron chi connectivity index (χ1n) is 5.26. The molecule has 1 fully saturated rings. The summed E-state index contributed by atoms with van der Waals surface area (Å²) in [4.78, 5) is 2.41. The fraction of sp³-hybridized carbons (Fsp3) is 0.818. The fourth-order valence-corrected chi connectivity index (χ4v) is 1.70. The smallest absolute Gasteiger partial charge is 0.0406 e. The van der Waals surface area contributed by atoms with Gasteiger partial charge < -0.3 is 10.2 Å². The van der Waals surface area contributed by atoms with E-state index in [1.54, 1.807) is 0 Å². The standard InChI is InChI=1S/C11H22N2/c1-5-10(3)13(4)8-11-9(2)6-7-12-11/h10-12H,2,5-8H2,1,3-4H3. The van der Waals surface area contributed by atoms with Crippen LogP contribution >= 0.6 is 0 Å². The predicted molar refractivity (Wildman–Crippen MR) is 57.9 cm³/mol. The molecule has 1 N–H and O–H groups in total. The molecule has 2 unspecified atom stereocenters. The first-order chi connectivity index (χ1) is 6.15. The second kappa shape index (κ2) is 4.77. The van der Waals surface area contributed by atoms with Crippen molar-refractivity contribution in [3.05, 3.63) is 12.2 Å². The Kier molecular flexibility index (Phi) is 3.94. The molecule has 2 nitrogen and oxygen atoms in total. The van der Waals surface area contributed by atoms with Gasteiger partial charge in [-0.1, -0.05) is 19.1 Å². The molecule has 0 spiro atoms. The third kappa shape index (κ3) is 2.82. The molecule has 0 aliphatic carbocycles. The van der Waals surface area contributed by atoms with Crippen molar-refractivity contribution >= 4 is 0 Å². The number of rotatable bonds is 4. The van der Waals surface area contributed by atoms with Crippen molar-refractivity contribution in [1.29, 1.82) is 0 Å². The zero-order chi connectivity index (χ0) is 9.84. The lowest BCUT2D eigenvalue weighted by molar-refractivity contribution is 0.239. The third-order valence-electron chi connectivity index (χ3n) is 3.14. The fourth-order valence-electron chi connectivity index (χ4n) is 1.70. The molecule has 1 rings (SSSR count). The molecule has 0 aromatic heterocycles. The Morgan fingerprint density at radius 2 is 2.38 bits per heavy atom. The molecule has 0 bridgehead atoms. The molecule has 13 heavy (non-hydrogen) atoms. The highest BCUT2D eigenvalue weighted by Crippen LogP contribution is 2.13. The van der Waals surface area contributed by atoms with Gasteiger partial charge in [-0.15, -0.1) is 0 Å². The second-order valence-corrected chi connectivity index (χ2v) is 4.11. The maximum Gasteiger partial charge on any atom is 0.0406 e. The van der Waals surface area contributed by atoms with Gasteiger partial charge >= 0.3 is 0 Å². The van der Waals surface area contributed by atoms with Gasteiger partial charge in [-0.25, -0.2) is 0 Å². The maximum atomic E-state index is 4.08. The number of hydrogen-bond donors (Lipinski definition) is 1. The van der Waals surface area contributed by atoms with E-state index >= 15 is 0 Å². The monoisotopic (exact) mass is 182 g/mol. The molecule has 0 radical (unpaired) electrons.